The number of pyridine rings is 1. The fraction of sp³-hybridized carbons (Fsp3) is 0. The van der Waals surface area contributed by atoms with Gasteiger partial charge < -0.3 is 11.1 Å². The third-order valence-electron chi connectivity index (χ3n) is 2.25. The van der Waals surface area contributed by atoms with E-state index in [2.05, 4.69) is 32.9 Å². The van der Waals surface area contributed by atoms with Gasteiger partial charge in [0.25, 0.3) is 5.91 Å². The van der Waals surface area contributed by atoms with E-state index in [1.54, 1.807) is 12.1 Å². The minimum Gasteiger partial charge on any atom is -0.383 e. The number of nitrogens with one attached hydrogen (secondary N) is 1. The molecule has 0 aliphatic heterocycles. The third-order valence-corrected chi connectivity index (χ3v) is 3.19. The molecule has 2 rings (SSSR count). The fourth-order valence-electron chi connectivity index (χ4n) is 1.38. The second kappa shape index (κ2) is 5.30. The molecular formula is C12H9FIN3O. The first kappa shape index (κ1) is 12.7. The van der Waals surface area contributed by atoms with E-state index < -0.39 is 11.7 Å². The zero-order chi connectivity index (χ0) is 13.1. The number of aromatic nitrogens is 1. The summed E-state index contributed by atoms with van der Waals surface area (Å²) in [5.41, 5.74) is 6.21. The average Bonchev–Trinajstić information content (AvgIpc) is 2.35. The molecule has 6 heteroatoms. The molecule has 0 saturated carbocycles. The van der Waals surface area contributed by atoms with E-state index >= 15 is 0 Å². The van der Waals surface area contributed by atoms with Gasteiger partial charge >= 0.3 is 0 Å². The van der Waals surface area contributed by atoms with Crippen molar-refractivity contribution in [3.63, 3.8) is 0 Å². The lowest BCUT2D eigenvalue weighted by atomic mass is 10.2. The first-order valence-corrected chi connectivity index (χ1v) is 6.12. The number of amides is 1. The van der Waals surface area contributed by atoms with Crippen molar-refractivity contribution < 1.29 is 9.18 Å². The molecule has 3 N–H and O–H groups in total. The Bertz CT molecular complexity index is 604. The highest BCUT2D eigenvalue weighted by atomic mass is 127. The van der Waals surface area contributed by atoms with Crippen LogP contribution in [0.4, 0.5) is 15.9 Å². The number of carbonyl (C=O) groups is 1. The van der Waals surface area contributed by atoms with Crippen LogP contribution in [0.2, 0.25) is 0 Å². The molecule has 1 aromatic carbocycles. The van der Waals surface area contributed by atoms with Crippen molar-refractivity contribution in [3.8, 4) is 0 Å². The van der Waals surface area contributed by atoms with Crippen molar-refractivity contribution in [2.24, 2.45) is 0 Å². The number of carbonyl (C=O) groups excluding carboxylic acids is 1. The van der Waals surface area contributed by atoms with E-state index in [9.17, 15) is 9.18 Å². The van der Waals surface area contributed by atoms with Crippen LogP contribution >= 0.6 is 22.6 Å². The van der Waals surface area contributed by atoms with Crippen molar-refractivity contribution in [1.82, 2.24) is 4.98 Å². The van der Waals surface area contributed by atoms with Gasteiger partial charge in [-0.1, -0.05) is 12.1 Å². The summed E-state index contributed by atoms with van der Waals surface area (Å²) < 4.78 is 13.9. The van der Waals surface area contributed by atoms with Gasteiger partial charge in [0.05, 0.1) is 17.4 Å². The Balaban J connectivity index is 2.28. The molecule has 1 aromatic heterocycles. The van der Waals surface area contributed by atoms with Crippen molar-refractivity contribution in [2.75, 3.05) is 11.1 Å². The number of nitrogen functional groups attached to an aromatic ring is 1. The van der Waals surface area contributed by atoms with E-state index in [-0.39, 0.29) is 11.4 Å². The average molecular weight is 357 g/mol. The number of halogens is 2. The van der Waals surface area contributed by atoms with Gasteiger partial charge in [-0.2, -0.15) is 0 Å². The van der Waals surface area contributed by atoms with Crippen LogP contribution in [0.25, 0.3) is 0 Å². The first-order chi connectivity index (χ1) is 8.58. The number of rotatable bonds is 2. The Labute approximate surface area is 117 Å². The maximum Gasteiger partial charge on any atom is 0.259 e. The van der Waals surface area contributed by atoms with Crippen molar-refractivity contribution in [1.29, 1.82) is 0 Å². The molecule has 1 amide bonds. The zero-order valence-corrected chi connectivity index (χ0v) is 11.3. The number of nitrogens with two attached hydrogens (primary N) is 1. The van der Waals surface area contributed by atoms with Gasteiger partial charge in [0, 0.05) is 3.57 Å². The van der Waals surface area contributed by atoms with E-state index in [1.165, 1.54) is 0 Å². The van der Waals surface area contributed by atoms with Crippen molar-refractivity contribution in [3.05, 3.63) is 51.5 Å². The van der Waals surface area contributed by atoms with Gasteiger partial charge in [-0.3, -0.25) is 4.79 Å². The van der Waals surface area contributed by atoms with Crippen LogP contribution in [0.3, 0.4) is 0 Å². The molecule has 18 heavy (non-hydrogen) atoms. The van der Waals surface area contributed by atoms with Crippen LogP contribution in [-0.2, 0) is 0 Å². The number of hydrogen-bond donors (Lipinski definition) is 2. The highest BCUT2D eigenvalue weighted by Gasteiger charge is 2.13. The van der Waals surface area contributed by atoms with Gasteiger partial charge in [0.2, 0.25) is 0 Å². The molecule has 0 saturated heterocycles. The lowest BCUT2D eigenvalue weighted by Crippen LogP contribution is -2.15. The first-order valence-electron chi connectivity index (χ1n) is 5.05. The Kier molecular flexibility index (Phi) is 3.75. The summed E-state index contributed by atoms with van der Waals surface area (Å²) in [6, 6.07) is 8.32. The van der Waals surface area contributed by atoms with Gasteiger partial charge in [0.15, 0.2) is 0 Å². The largest absolute Gasteiger partial charge is 0.383 e. The molecule has 0 aliphatic carbocycles. The normalized spacial score (nSPS) is 10.1. The Morgan fingerprint density at radius 2 is 2.11 bits per heavy atom. The molecule has 0 bridgehead atoms. The van der Waals surface area contributed by atoms with Gasteiger partial charge in [-0.25, -0.2) is 9.37 Å². The molecular weight excluding hydrogens is 348 g/mol. The van der Waals surface area contributed by atoms with Crippen LogP contribution < -0.4 is 11.1 Å². The number of hydrogen-bond acceptors (Lipinski definition) is 3. The van der Waals surface area contributed by atoms with E-state index in [0.29, 0.717) is 5.69 Å². The Hall–Kier alpha value is -1.70. The molecule has 0 unspecified atom stereocenters. The standard InChI is InChI=1S/C12H9FIN3O/c13-7-5-8(11(15)16-6-7)12(18)17-10-4-2-1-3-9(10)14/h1-6H,(H2,15,16)(H,17,18). The Morgan fingerprint density at radius 1 is 1.39 bits per heavy atom. The zero-order valence-electron chi connectivity index (χ0n) is 9.15. The summed E-state index contributed by atoms with van der Waals surface area (Å²) in [5, 5.41) is 2.66. The molecule has 4 nitrogen and oxygen atoms in total. The quantitative estimate of drug-likeness (QED) is 0.813. The van der Waals surface area contributed by atoms with Crippen molar-refractivity contribution >= 4 is 40.0 Å². The highest BCUT2D eigenvalue weighted by molar-refractivity contribution is 14.1. The predicted molar refractivity (Wildman–Crippen MR) is 75.7 cm³/mol. The van der Waals surface area contributed by atoms with Gasteiger partial charge in [-0.15, -0.1) is 0 Å². The molecule has 2 aromatic rings. The molecule has 0 atom stereocenters. The summed E-state index contributed by atoms with van der Waals surface area (Å²) in [5.74, 6) is -1.08. The maximum absolute atomic E-state index is 13.0. The number of anilines is 2. The Morgan fingerprint density at radius 3 is 2.83 bits per heavy atom. The van der Waals surface area contributed by atoms with Crippen LogP contribution in [0, 0.1) is 9.39 Å². The number of para-hydroxylation sites is 1. The van der Waals surface area contributed by atoms with E-state index in [1.807, 2.05) is 12.1 Å². The van der Waals surface area contributed by atoms with Crippen LogP contribution in [0.15, 0.2) is 36.5 Å². The minimum atomic E-state index is -0.600. The molecule has 0 aliphatic rings. The number of nitrogens with zero attached hydrogens (tertiary/aromatic N) is 1. The second-order valence-electron chi connectivity index (χ2n) is 3.52. The lowest BCUT2D eigenvalue weighted by molar-refractivity contribution is 0.102. The van der Waals surface area contributed by atoms with Crippen LogP contribution in [0.1, 0.15) is 10.4 Å². The van der Waals surface area contributed by atoms with E-state index in [4.69, 9.17) is 5.73 Å². The summed E-state index contributed by atoms with van der Waals surface area (Å²) >= 11 is 2.09. The van der Waals surface area contributed by atoms with Crippen molar-refractivity contribution in [2.45, 2.75) is 0 Å². The van der Waals surface area contributed by atoms with Gasteiger partial charge in [-0.05, 0) is 40.8 Å². The minimum absolute atomic E-state index is 0.000149. The lowest BCUT2D eigenvalue weighted by Gasteiger charge is -2.08. The molecule has 92 valence electrons. The topological polar surface area (TPSA) is 68.0 Å². The summed E-state index contributed by atoms with van der Waals surface area (Å²) in [6.07, 6.45) is 0.971. The summed E-state index contributed by atoms with van der Waals surface area (Å²) in [4.78, 5) is 15.5. The smallest absolute Gasteiger partial charge is 0.259 e. The highest BCUT2D eigenvalue weighted by Crippen LogP contribution is 2.19. The SMILES string of the molecule is Nc1ncc(F)cc1C(=O)Nc1ccccc1I. The van der Waals surface area contributed by atoms with E-state index in [0.717, 1.165) is 15.8 Å². The fourth-order valence-corrected chi connectivity index (χ4v) is 1.91. The molecule has 0 fully saturated rings. The monoisotopic (exact) mass is 357 g/mol. The summed E-state index contributed by atoms with van der Waals surface area (Å²) in [7, 11) is 0. The summed E-state index contributed by atoms with van der Waals surface area (Å²) in [6.45, 7) is 0. The second-order valence-corrected chi connectivity index (χ2v) is 4.68. The molecule has 0 spiro atoms. The van der Waals surface area contributed by atoms with Crippen LogP contribution in [-0.4, -0.2) is 10.9 Å². The third kappa shape index (κ3) is 2.76. The predicted octanol–water partition coefficient (Wildman–Crippen LogP) is 2.66. The van der Waals surface area contributed by atoms with Crippen LogP contribution in [0.5, 0.6) is 0 Å². The maximum atomic E-state index is 13.0. The van der Waals surface area contributed by atoms with Gasteiger partial charge in [0.1, 0.15) is 11.6 Å². The molecule has 0 radical (unpaired) electrons. The molecule has 1 heterocycles. The number of benzene rings is 1.